The van der Waals surface area contributed by atoms with Gasteiger partial charge in [-0.05, 0) is 30.1 Å². The lowest BCUT2D eigenvalue weighted by Crippen LogP contribution is -2.24. The van der Waals surface area contributed by atoms with Crippen LogP contribution in [0, 0.1) is 23.7 Å². The van der Waals surface area contributed by atoms with Gasteiger partial charge in [0.25, 0.3) is 0 Å². The Kier molecular flexibility index (Phi) is 3.53. The standard InChI is InChI=1S/C10H20O2/c1-7-3-4-9(8(2)5-11)10(7)6-12/h7-12H,3-6H2,1-2H3/t7-,8+,9+,10-/m0/s1. The molecule has 1 fully saturated rings. The van der Waals surface area contributed by atoms with Crippen LogP contribution >= 0.6 is 0 Å². The van der Waals surface area contributed by atoms with Crippen LogP contribution in [0.5, 0.6) is 0 Å². The van der Waals surface area contributed by atoms with Crippen LogP contribution in [0.1, 0.15) is 26.7 Å². The van der Waals surface area contributed by atoms with Crippen molar-refractivity contribution in [2.45, 2.75) is 26.7 Å². The van der Waals surface area contributed by atoms with Crippen molar-refractivity contribution >= 4 is 0 Å². The summed E-state index contributed by atoms with van der Waals surface area (Å²) in [6.07, 6.45) is 2.38. The van der Waals surface area contributed by atoms with Crippen molar-refractivity contribution in [1.82, 2.24) is 0 Å². The van der Waals surface area contributed by atoms with Crippen molar-refractivity contribution < 1.29 is 10.2 Å². The molecule has 1 saturated carbocycles. The number of hydrogen-bond donors (Lipinski definition) is 2. The molecule has 1 rings (SSSR count). The molecule has 4 atom stereocenters. The van der Waals surface area contributed by atoms with E-state index in [1.807, 2.05) is 0 Å². The van der Waals surface area contributed by atoms with Gasteiger partial charge < -0.3 is 10.2 Å². The van der Waals surface area contributed by atoms with Gasteiger partial charge in [-0.2, -0.15) is 0 Å². The van der Waals surface area contributed by atoms with E-state index in [4.69, 9.17) is 10.2 Å². The molecule has 2 heteroatoms. The maximum absolute atomic E-state index is 9.17. The first-order valence-electron chi connectivity index (χ1n) is 4.92. The van der Waals surface area contributed by atoms with Crippen LogP contribution in [0.25, 0.3) is 0 Å². The molecular weight excluding hydrogens is 152 g/mol. The van der Waals surface area contributed by atoms with Crippen LogP contribution in [0.15, 0.2) is 0 Å². The Balaban J connectivity index is 2.53. The lowest BCUT2D eigenvalue weighted by molar-refractivity contribution is 0.108. The number of aliphatic hydroxyl groups excluding tert-OH is 2. The maximum atomic E-state index is 9.17. The largest absolute Gasteiger partial charge is 0.396 e. The predicted molar refractivity (Wildman–Crippen MR) is 48.7 cm³/mol. The molecule has 0 radical (unpaired) electrons. The molecule has 2 N–H and O–H groups in total. The summed E-state index contributed by atoms with van der Waals surface area (Å²) < 4.78 is 0. The molecule has 0 saturated heterocycles. The van der Waals surface area contributed by atoms with E-state index in [9.17, 15) is 0 Å². The second-order valence-corrected chi connectivity index (χ2v) is 4.22. The quantitative estimate of drug-likeness (QED) is 0.673. The van der Waals surface area contributed by atoms with E-state index in [1.165, 1.54) is 12.8 Å². The first kappa shape index (κ1) is 10.0. The minimum atomic E-state index is 0.258. The van der Waals surface area contributed by atoms with Crippen LogP contribution in [0.2, 0.25) is 0 Å². The third kappa shape index (κ3) is 1.80. The van der Waals surface area contributed by atoms with Gasteiger partial charge in [0.1, 0.15) is 0 Å². The summed E-state index contributed by atoms with van der Waals surface area (Å²) in [6, 6.07) is 0. The van der Waals surface area contributed by atoms with Crippen molar-refractivity contribution in [3.05, 3.63) is 0 Å². The molecule has 1 aliphatic carbocycles. The number of rotatable bonds is 3. The second kappa shape index (κ2) is 4.24. The van der Waals surface area contributed by atoms with E-state index in [-0.39, 0.29) is 13.2 Å². The highest BCUT2D eigenvalue weighted by Crippen LogP contribution is 2.40. The highest BCUT2D eigenvalue weighted by atomic mass is 16.3. The van der Waals surface area contributed by atoms with E-state index < -0.39 is 0 Å². The molecule has 0 spiro atoms. The Hall–Kier alpha value is -0.0800. The summed E-state index contributed by atoms with van der Waals surface area (Å²) in [7, 11) is 0. The van der Waals surface area contributed by atoms with Gasteiger partial charge in [-0.25, -0.2) is 0 Å². The summed E-state index contributed by atoms with van der Waals surface area (Å²) in [6.45, 7) is 4.82. The first-order chi connectivity index (χ1) is 5.70. The van der Waals surface area contributed by atoms with Crippen molar-refractivity contribution in [3.8, 4) is 0 Å². The molecule has 0 aromatic rings. The highest BCUT2D eigenvalue weighted by Gasteiger charge is 2.35. The van der Waals surface area contributed by atoms with Crippen LogP contribution in [-0.2, 0) is 0 Å². The van der Waals surface area contributed by atoms with E-state index in [0.29, 0.717) is 23.7 Å². The van der Waals surface area contributed by atoms with Gasteiger partial charge in [0.15, 0.2) is 0 Å². The zero-order valence-electron chi connectivity index (χ0n) is 8.03. The smallest absolute Gasteiger partial charge is 0.0464 e. The minimum Gasteiger partial charge on any atom is -0.396 e. The van der Waals surface area contributed by atoms with Crippen molar-refractivity contribution in [2.24, 2.45) is 23.7 Å². The summed E-state index contributed by atoms with van der Waals surface area (Å²) in [5.41, 5.74) is 0. The van der Waals surface area contributed by atoms with Crippen LogP contribution < -0.4 is 0 Å². The summed E-state index contributed by atoms with van der Waals surface area (Å²) >= 11 is 0. The van der Waals surface area contributed by atoms with Crippen molar-refractivity contribution in [3.63, 3.8) is 0 Å². The third-order valence-electron chi connectivity index (χ3n) is 3.47. The zero-order chi connectivity index (χ0) is 9.14. The van der Waals surface area contributed by atoms with E-state index in [0.717, 1.165) is 0 Å². The topological polar surface area (TPSA) is 40.5 Å². The molecular formula is C10H20O2. The number of hydrogen-bond acceptors (Lipinski definition) is 2. The van der Waals surface area contributed by atoms with E-state index in [2.05, 4.69) is 13.8 Å². The lowest BCUT2D eigenvalue weighted by Gasteiger charge is -2.24. The van der Waals surface area contributed by atoms with E-state index in [1.54, 1.807) is 0 Å². The molecule has 1 aliphatic rings. The Labute approximate surface area is 74.6 Å². The van der Waals surface area contributed by atoms with Crippen LogP contribution in [-0.4, -0.2) is 23.4 Å². The molecule has 0 amide bonds. The van der Waals surface area contributed by atoms with E-state index >= 15 is 0 Å². The summed E-state index contributed by atoms with van der Waals surface area (Å²) in [5, 5.41) is 18.2. The van der Waals surface area contributed by atoms with Crippen LogP contribution in [0.3, 0.4) is 0 Å². The van der Waals surface area contributed by atoms with Gasteiger partial charge in [-0.1, -0.05) is 20.3 Å². The summed E-state index contributed by atoms with van der Waals surface area (Å²) in [4.78, 5) is 0. The number of aliphatic hydroxyl groups is 2. The van der Waals surface area contributed by atoms with Gasteiger partial charge in [0, 0.05) is 13.2 Å². The minimum absolute atomic E-state index is 0.258. The van der Waals surface area contributed by atoms with Gasteiger partial charge in [-0.15, -0.1) is 0 Å². The van der Waals surface area contributed by atoms with Crippen molar-refractivity contribution in [1.29, 1.82) is 0 Å². The molecule has 0 aliphatic heterocycles. The zero-order valence-corrected chi connectivity index (χ0v) is 8.03. The SMILES string of the molecule is C[C@H](CO)[C@H]1CC[C@H](C)[C@@H]1CO. The average Bonchev–Trinajstić information content (AvgIpc) is 2.45. The fourth-order valence-corrected chi connectivity index (χ4v) is 2.46. The normalized spacial score (nSPS) is 38.5. The average molecular weight is 172 g/mol. The Morgan fingerprint density at radius 1 is 1.33 bits per heavy atom. The molecule has 0 unspecified atom stereocenters. The summed E-state index contributed by atoms with van der Waals surface area (Å²) in [5.74, 6) is 1.95. The molecule has 2 nitrogen and oxygen atoms in total. The third-order valence-corrected chi connectivity index (χ3v) is 3.47. The molecule has 0 aromatic heterocycles. The van der Waals surface area contributed by atoms with Crippen molar-refractivity contribution in [2.75, 3.05) is 13.2 Å². The monoisotopic (exact) mass is 172 g/mol. The molecule has 12 heavy (non-hydrogen) atoms. The second-order valence-electron chi connectivity index (χ2n) is 4.22. The Morgan fingerprint density at radius 3 is 2.50 bits per heavy atom. The first-order valence-corrected chi connectivity index (χ1v) is 4.92. The molecule has 0 bridgehead atoms. The van der Waals surface area contributed by atoms with Gasteiger partial charge >= 0.3 is 0 Å². The van der Waals surface area contributed by atoms with Gasteiger partial charge in [0.2, 0.25) is 0 Å². The van der Waals surface area contributed by atoms with Gasteiger partial charge in [0.05, 0.1) is 0 Å². The lowest BCUT2D eigenvalue weighted by atomic mass is 9.83. The predicted octanol–water partition coefficient (Wildman–Crippen LogP) is 1.27. The molecule has 0 heterocycles. The van der Waals surface area contributed by atoms with Crippen LogP contribution in [0.4, 0.5) is 0 Å². The Bertz CT molecular complexity index is 136. The highest BCUT2D eigenvalue weighted by molar-refractivity contribution is 4.84. The maximum Gasteiger partial charge on any atom is 0.0464 e. The molecule has 0 aromatic carbocycles. The molecule has 72 valence electrons. The van der Waals surface area contributed by atoms with Gasteiger partial charge in [-0.3, -0.25) is 0 Å². The fraction of sp³-hybridized carbons (Fsp3) is 1.00. The Morgan fingerprint density at radius 2 is 2.00 bits per heavy atom. The fourth-order valence-electron chi connectivity index (χ4n) is 2.46.